The number of hydrogen-bond acceptors (Lipinski definition) is 4. The Labute approximate surface area is 163 Å². The number of hydrogen-bond donors (Lipinski definition) is 1. The average molecular weight is 411 g/mol. The zero-order valence-electron chi connectivity index (χ0n) is 15.6. The van der Waals surface area contributed by atoms with E-state index in [4.69, 9.17) is 15.2 Å². The van der Waals surface area contributed by atoms with Gasteiger partial charge in [0.15, 0.2) is 6.61 Å². The molecule has 9 heteroatoms. The van der Waals surface area contributed by atoms with Gasteiger partial charge in [0.1, 0.15) is 11.9 Å². The molecule has 1 heterocycles. The normalized spacial score (nSPS) is 19.5. The first-order valence-electron chi connectivity index (χ1n) is 8.51. The highest BCUT2D eigenvalue weighted by atomic mass is 35.5. The molecule has 2 atom stereocenters. The van der Waals surface area contributed by atoms with E-state index in [2.05, 4.69) is 0 Å². The summed E-state index contributed by atoms with van der Waals surface area (Å²) >= 11 is 0. The second-order valence-corrected chi connectivity index (χ2v) is 6.72. The van der Waals surface area contributed by atoms with Gasteiger partial charge in [-0.2, -0.15) is 13.2 Å². The van der Waals surface area contributed by atoms with Crippen LogP contribution in [0.5, 0.6) is 5.75 Å². The van der Waals surface area contributed by atoms with Crippen molar-refractivity contribution < 1.29 is 27.4 Å². The van der Waals surface area contributed by atoms with Crippen molar-refractivity contribution >= 4 is 18.3 Å². The molecular weight excluding hydrogens is 385 g/mol. The van der Waals surface area contributed by atoms with Crippen LogP contribution < -0.4 is 10.5 Å². The summed E-state index contributed by atoms with van der Waals surface area (Å²) in [7, 11) is 1.68. The Balaban J connectivity index is 0.00000364. The highest BCUT2D eigenvalue weighted by molar-refractivity contribution is 5.85. The Morgan fingerprint density at radius 2 is 1.89 bits per heavy atom. The van der Waals surface area contributed by atoms with Crippen LogP contribution in [-0.4, -0.2) is 49.4 Å². The number of carbonyl (C=O) groups excluding carboxylic acids is 1. The van der Waals surface area contributed by atoms with Gasteiger partial charge in [0.2, 0.25) is 0 Å². The molecule has 0 bridgehead atoms. The highest BCUT2D eigenvalue weighted by Crippen LogP contribution is 2.28. The van der Waals surface area contributed by atoms with Crippen LogP contribution in [0.2, 0.25) is 0 Å². The predicted molar refractivity (Wildman–Crippen MR) is 98.1 cm³/mol. The lowest BCUT2D eigenvalue weighted by atomic mass is 10.0. The van der Waals surface area contributed by atoms with Crippen LogP contribution in [-0.2, 0) is 16.1 Å². The van der Waals surface area contributed by atoms with Crippen LogP contribution in [0.1, 0.15) is 29.5 Å². The molecule has 1 saturated heterocycles. The number of benzene rings is 1. The molecule has 2 N–H and O–H groups in total. The summed E-state index contributed by atoms with van der Waals surface area (Å²) in [6.07, 6.45) is -3.53. The van der Waals surface area contributed by atoms with E-state index in [-0.39, 0.29) is 30.2 Å². The fraction of sp³-hybridized carbons (Fsp3) is 0.611. The standard InChI is InChI=1S/C18H25F3N2O3.ClH/c1-11-6-13(7-12(2)16(11)25-10-18(19,20)21)9-23(3)17(24)15-5-4-14(8-22)26-15;/h6-7,14-15H,4-5,8-10,22H2,1-3H3;1H/t14-,15+;/m1./s1. The number of likely N-dealkylation sites (N-methyl/N-ethyl adjacent to an activating group) is 1. The quantitative estimate of drug-likeness (QED) is 0.782. The number of carbonyl (C=O) groups is 1. The van der Waals surface area contributed by atoms with Crippen molar-refractivity contribution in [3.8, 4) is 5.75 Å². The smallest absolute Gasteiger partial charge is 0.422 e. The molecule has 1 aromatic rings. The average Bonchev–Trinajstić information content (AvgIpc) is 3.01. The van der Waals surface area contributed by atoms with Crippen LogP contribution in [0.15, 0.2) is 12.1 Å². The van der Waals surface area contributed by atoms with Gasteiger partial charge in [0, 0.05) is 20.1 Å². The van der Waals surface area contributed by atoms with Gasteiger partial charge >= 0.3 is 6.18 Å². The minimum atomic E-state index is -4.38. The molecule has 0 saturated carbocycles. The van der Waals surface area contributed by atoms with E-state index in [1.807, 2.05) is 0 Å². The number of ether oxygens (including phenoxy) is 2. The van der Waals surface area contributed by atoms with Gasteiger partial charge in [0.05, 0.1) is 6.10 Å². The van der Waals surface area contributed by atoms with Crippen LogP contribution in [0.3, 0.4) is 0 Å². The van der Waals surface area contributed by atoms with Crippen molar-refractivity contribution in [1.29, 1.82) is 0 Å². The maximum absolute atomic E-state index is 12.5. The predicted octanol–water partition coefficient (Wildman–Crippen LogP) is 3.13. The number of nitrogens with two attached hydrogens (primary N) is 1. The van der Waals surface area contributed by atoms with Crippen molar-refractivity contribution in [2.75, 3.05) is 20.2 Å². The molecule has 1 aliphatic heterocycles. The van der Waals surface area contributed by atoms with Crippen LogP contribution in [0, 0.1) is 13.8 Å². The Kier molecular flexibility index (Phi) is 8.38. The summed E-state index contributed by atoms with van der Waals surface area (Å²) in [4.78, 5) is 14.0. The zero-order valence-corrected chi connectivity index (χ0v) is 16.5. The summed E-state index contributed by atoms with van der Waals surface area (Å²) in [5.74, 6) is 0.110. The van der Waals surface area contributed by atoms with E-state index >= 15 is 0 Å². The number of halogens is 4. The summed E-state index contributed by atoms with van der Waals surface area (Å²) in [6.45, 7) is 2.79. The molecule has 1 aromatic carbocycles. The summed E-state index contributed by atoms with van der Waals surface area (Å²) in [5.41, 5.74) is 7.59. The van der Waals surface area contributed by atoms with Crippen molar-refractivity contribution in [3.05, 3.63) is 28.8 Å². The molecule has 154 valence electrons. The Bertz CT molecular complexity index is 632. The van der Waals surface area contributed by atoms with Crippen molar-refractivity contribution in [2.24, 2.45) is 5.73 Å². The van der Waals surface area contributed by atoms with Gasteiger partial charge in [-0.3, -0.25) is 4.79 Å². The van der Waals surface area contributed by atoms with Gasteiger partial charge in [-0.15, -0.1) is 12.4 Å². The van der Waals surface area contributed by atoms with Gasteiger partial charge in [0.25, 0.3) is 5.91 Å². The first-order chi connectivity index (χ1) is 12.1. The molecule has 0 spiro atoms. The molecule has 2 rings (SSSR count). The Morgan fingerprint density at radius 1 is 1.30 bits per heavy atom. The number of amides is 1. The van der Waals surface area contributed by atoms with Crippen LogP contribution in [0.25, 0.3) is 0 Å². The van der Waals surface area contributed by atoms with E-state index < -0.39 is 18.9 Å². The molecule has 5 nitrogen and oxygen atoms in total. The van der Waals surface area contributed by atoms with E-state index in [0.717, 1.165) is 12.0 Å². The fourth-order valence-electron chi connectivity index (χ4n) is 3.17. The molecule has 1 amide bonds. The largest absolute Gasteiger partial charge is 0.484 e. The Morgan fingerprint density at radius 3 is 2.37 bits per heavy atom. The summed E-state index contributed by atoms with van der Waals surface area (Å²) in [5, 5.41) is 0. The number of nitrogens with zero attached hydrogens (tertiary/aromatic N) is 1. The fourth-order valence-corrected chi connectivity index (χ4v) is 3.17. The van der Waals surface area contributed by atoms with Crippen LogP contribution >= 0.6 is 12.4 Å². The van der Waals surface area contributed by atoms with Crippen molar-refractivity contribution in [1.82, 2.24) is 4.90 Å². The molecule has 1 aliphatic rings. The molecule has 0 aliphatic carbocycles. The topological polar surface area (TPSA) is 64.8 Å². The molecule has 0 radical (unpaired) electrons. The Hall–Kier alpha value is -1.51. The monoisotopic (exact) mass is 410 g/mol. The molecule has 1 fully saturated rings. The molecule has 0 aromatic heterocycles. The number of alkyl halides is 3. The first-order valence-corrected chi connectivity index (χ1v) is 8.51. The minimum Gasteiger partial charge on any atom is -0.484 e. The maximum Gasteiger partial charge on any atom is 0.422 e. The second-order valence-electron chi connectivity index (χ2n) is 6.72. The van der Waals surface area contributed by atoms with Crippen molar-refractivity contribution in [2.45, 2.75) is 51.6 Å². The van der Waals surface area contributed by atoms with Gasteiger partial charge in [-0.05, 0) is 43.4 Å². The first kappa shape index (κ1) is 23.5. The van der Waals surface area contributed by atoms with Gasteiger partial charge < -0.3 is 20.1 Å². The van der Waals surface area contributed by atoms with Gasteiger partial charge in [-0.1, -0.05) is 12.1 Å². The minimum absolute atomic E-state index is 0. The van der Waals surface area contributed by atoms with E-state index in [0.29, 0.717) is 30.6 Å². The van der Waals surface area contributed by atoms with E-state index in [1.54, 1.807) is 37.9 Å². The third kappa shape index (κ3) is 6.55. The molecule has 27 heavy (non-hydrogen) atoms. The summed E-state index contributed by atoms with van der Waals surface area (Å²) in [6, 6.07) is 3.47. The van der Waals surface area contributed by atoms with Crippen molar-refractivity contribution in [3.63, 3.8) is 0 Å². The molecular formula is C18H26ClF3N2O3. The maximum atomic E-state index is 12.5. The zero-order chi connectivity index (χ0) is 19.5. The lowest BCUT2D eigenvalue weighted by molar-refractivity contribution is -0.153. The van der Waals surface area contributed by atoms with Gasteiger partial charge in [-0.25, -0.2) is 0 Å². The summed E-state index contributed by atoms with van der Waals surface area (Å²) < 4.78 is 47.6. The van der Waals surface area contributed by atoms with E-state index in [9.17, 15) is 18.0 Å². The number of rotatable bonds is 6. The lowest BCUT2D eigenvalue weighted by Crippen LogP contribution is -2.36. The number of aryl methyl sites for hydroxylation is 2. The second kappa shape index (κ2) is 9.61. The van der Waals surface area contributed by atoms with E-state index in [1.165, 1.54) is 0 Å². The third-order valence-corrected chi connectivity index (χ3v) is 4.34. The molecule has 0 unspecified atom stereocenters. The van der Waals surface area contributed by atoms with Crippen LogP contribution in [0.4, 0.5) is 13.2 Å². The SMILES string of the molecule is Cc1cc(CN(C)C(=O)[C@@H]2CC[C@H](CN)O2)cc(C)c1OCC(F)(F)F.Cl. The highest BCUT2D eigenvalue weighted by Gasteiger charge is 2.32. The lowest BCUT2D eigenvalue weighted by Gasteiger charge is -2.22. The third-order valence-electron chi connectivity index (χ3n) is 4.34.